The SMILES string of the molecule is O=C(O)C1=C(F)C[C@@H](F)C=C1. The number of carboxylic acids is 1. The Labute approximate surface area is 61.8 Å². The van der Waals surface area contributed by atoms with Gasteiger partial charge >= 0.3 is 5.97 Å². The summed E-state index contributed by atoms with van der Waals surface area (Å²) in [6, 6.07) is 0. The number of carboxylic acid groups (broad SMARTS) is 1. The summed E-state index contributed by atoms with van der Waals surface area (Å²) in [5.74, 6) is -2.25. The van der Waals surface area contributed by atoms with Crippen LogP contribution < -0.4 is 0 Å². The lowest BCUT2D eigenvalue weighted by atomic mass is 10.1. The van der Waals surface area contributed by atoms with E-state index in [1.54, 1.807) is 0 Å². The van der Waals surface area contributed by atoms with E-state index in [9.17, 15) is 13.6 Å². The van der Waals surface area contributed by atoms with Gasteiger partial charge in [0.25, 0.3) is 0 Å². The average Bonchev–Trinajstić information content (AvgIpc) is 1.85. The van der Waals surface area contributed by atoms with Crippen molar-refractivity contribution >= 4 is 5.97 Å². The number of carbonyl (C=O) groups is 1. The Morgan fingerprint density at radius 3 is 2.82 bits per heavy atom. The first-order valence-electron chi connectivity index (χ1n) is 3.05. The molecule has 0 spiro atoms. The molecule has 0 amide bonds. The second kappa shape index (κ2) is 2.82. The minimum absolute atomic E-state index is 0.445. The van der Waals surface area contributed by atoms with Crippen molar-refractivity contribution in [3.63, 3.8) is 0 Å². The summed E-state index contributed by atoms with van der Waals surface area (Å²) < 4.78 is 24.9. The lowest BCUT2D eigenvalue weighted by molar-refractivity contribution is -0.132. The molecule has 0 bridgehead atoms. The van der Waals surface area contributed by atoms with Crippen LogP contribution in [0.3, 0.4) is 0 Å². The third kappa shape index (κ3) is 1.63. The Morgan fingerprint density at radius 2 is 2.36 bits per heavy atom. The molecular weight excluding hydrogens is 154 g/mol. The van der Waals surface area contributed by atoms with Gasteiger partial charge in [-0.2, -0.15) is 0 Å². The highest BCUT2D eigenvalue weighted by Gasteiger charge is 2.19. The predicted octanol–water partition coefficient (Wildman–Crippen LogP) is 1.59. The number of hydrogen-bond acceptors (Lipinski definition) is 1. The molecule has 0 radical (unpaired) electrons. The van der Waals surface area contributed by atoms with Crippen LogP contribution in [-0.4, -0.2) is 17.2 Å². The van der Waals surface area contributed by atoms with Crippen LogP contribution >= 0.6 is 0 Å². The summed E-state index contributed by atoms with van der Waals surface area (Å²) >= 11 is 0. The molecule has 0 aromatic rings. The van der Waals surface area contributed by atoms with Gasteiger partial charge in [-0.15, -0.1) is 0 Å². The third-order valence-corrected chi connectivity index (χ3v) is 1.37. The quantitative estimate of drug-likeness (QED) is 0.632. The Hall–Kier alpha value is -1.19. The van der Waals surface area contributed by atoms with Crippen molar-refractivity contribution in [1.29, 1.82) is 0 Å². The van der Waals surface area contributed by atoms with Crippen molar-refractivity contribution in [2.24, 2.45) is 0 Å². The van der Waals surface area contributed by atoms with Crippen LogP contribution in [0.2, 0.25) is 0 Å². The van der Waals surface area contributed by atoms with Crippen molar-refractivity contribution in [2.75, 3.05) is 0 Å². The molecule has 1 aliphatic rings. The Morgan fingerprint density at radius 1 is 1.73 bits per heavy atom. The van der Waals surface area contributed by atoms with E-state index in [1.807, 2.05) is 0 Å². The van der Waals surface area contributed by atoms with Crippen molar-refractivity contribution in [1.82, 2.24) is 0 Å². The topological polar surface area (TPSA) is 37.3 Å². The molecule has 0 aromatic carbocycles. The Kier molecular flexibility index (Phi) is 2.03. The van der Waals surface area contributed by atoms with E-state index in [0.717, 1.165) is 12.2 Å². The molecular formula is C7H6F2O2. The largest absolute Gasteiger partial charge is 0.478 e. The number of aliphatic carboxylic acids is 1. The van der Waals surface area contributed by atoms with Gasteiger partial charge in [0.1, 0.15) is 12.0 Å². The van der Waals surface area contributed by atoms with E-state index in [1.165, 1.54) is 0 Å². The molecule has 11 heavy (non-hydrogen) atoms. The molecule has 1 N–H and O–H groups in total. The zero-order chi connectivity index (χ0) is 8.43. The first-order valence-corrected chi connectivity index (χ1v) is 3.05. The molecule has 1 rings (SSSR count). The van der Waals surface area contributed by atoms with Crippen molar-refractivity contribution in [3.8, 4) is 0 Å². The van der Waals surface area contributed by atoms with Gasteiger partial charge in [0, 0.05) is 6.42 Å². The average molecular weight is 160 g/mol. The van der Waals surface area contributed by atoms with E-state index >= 15 is 0 Å². The summed E-state index contributed by atoms with van der Waals surface area (Å²) in [5.41, 5.74) is -0.445. The van der Waals surface area contributed by atoms with E-state index in [4.69, 9.17) is 5.11 Å². The third-order valence-electron chi connectivity index (χ3n) is 1.37. The van der Waals surface area contributed by atoms with Crippen LogP contribution in [0, 0.1) is 0 Å². The fourth-order valence-corrected chi connectivity index (χ4v) is 0.828. The van der Waals surface area contributed by atoms with E-state index < -0.39 is 30.0 Å². The van der Waals surface area contributed by atoms with Gasteiger partial charge in [-0.1, -0.05) is 0 Å². The van der Waals surface area contributed by atoms with E-state index in [0.29, 0.717) is 0 Å². The number of rotatable bonds is 1. The van der Waals surface area contributed by atoms with Gasteiger partial charge in [-0.25, -0.2) is 13.6 Å². The molecule has 0 fully saturated rings. The second-order valence-corrected chi connectivity index (χ2v) is 2.20. The predicted molar refractivity (Wildman–Crippen MR) is 34.4 cm³/mol. The first kappa shape index (κ1) is 7.91. The first-order chi connectivity index (χ1) is 5.11. The van der Waals surface area contributed by atoms with E-state index in [2.05, 4.69) is 0 Å². The summed E-state index contributed by atoms with van der Waals surface area (Å²) in [6.07, 6.45) is 0.134. The Balaban J connectivity index is 2.88. The van der Waals surface area contributed by atoms with Gasteiger partial charge < -0.3 is 5.11 Å². The molecule has 60 valence electrons. The smallest absolute Gasteiger partial charge is 0.338 e. The molecule has 2 nitrogen and oxygen atoms in total. The molecule has 0 unspecified atom stereocenters. The minimum atomic E-state index is -1.39. The van der Waals surface area contributed by atoms with Crippen molar-refractivity contribution in [2.45, 2.75) is 12.6 Å². The standard InChI is InChI=1S/C7H6F2O2/c8-4-1-2-5(7(10)11)6(9)3-4/h1-2,4H,3H2,(H,10,11)/t4-/m0/s1. The zero-order valence-corrected chi connectivity index (χ0v) is 5.55. The maximum absolute atomic E-state index is 12.6. The van der Waals surface area contributed by atoms with E-state index in [-0.39, 0.29) is 0 Å². The number of allylic oxidation sites excluding steroid dienone is 2. The fraction of sp³-hybridized carbons (Fsp3) is 0.286. The summed E-state index contributed by atoms with van der Waals surface area (Å²) in [7, 11) is 0. The maximum Gasteiger partial charge on any atom is 0.338 e. The lowest BCUT2D eigenvalue weighted by Crippen LogP contribution is -2.08. The number of alkyl halides is 1. The van der Waals surface area contributed by atoms with Gasteiger partial charge in [-0.05, 0) is 12.2 Å². The highest BCUT2D eigenvalue weighted by Crippen LogP contribution is 2.22. The van der Waals surface area contributed by atoms with Gasteiger partial charge in [0.05, 0.1) is 5.57 Å². The molecule has 0 saturated carbocycles. The zero-order valence-electron chi connectivity index (χ0n) is 5.55. The monoisotopic (exact) mass is 160 g/mol. The van der Waals surface area contributed by atoms with Crippen LogP contribution in [0.4, 0.5) is 8.78 Å². The molecule has 0 saturated heterocycles. The van der Waals surface area contributed by atoms with Crippen LogP contribution in [0.15, 0.2) is 23.6 Å². The lowest BCUT2D eigenvalue weighted by Gasteiger charge is -2.08. The summed E-state index contributed by atoms with van der Waals surface area (Å²) in [5, 5.41) is 8.32. The van der Waals surface area contributed by atoms with Crippen LogP contribution in [0.1, 0.15) is 6.42 Å². The molecule has 1 atom stereocenters. The molecule has 0 aromatic heterocycles. The molecule has 4 heteroatoms. The van der Waals surface area contributed by atoms with Crippen LogP contribution in [0.5, 0.6) is 0 Å². The summed E-state index contributed by atoms with van der Waals surface area (Å²) in [4.78, 5) is 10.2. The minimum Gasteiger partial charge on any atom is -0.478 e. The highest BCUT2D eigenvalue weighted by molar-refractivity contribution is 5.90. The molecule has 0 aliphatic heterocycles. The number of halogens is 2. The van der Waals surface area contributed by atoms with Crippen LogP contribution in [-0.2, 0) is 4.79 Å². The Bertz CT molecular complexity index is 243. The van der Waals surface area contributed by atoms with Gasteiger partial charge in [0.2, 0.25) is 0 Å². The van der Waals surface area contributed by atoms with Crippen LogP contribution in [0.25, 0.3) is 0 Å². The number of hydrogen-bond donors (Lipinski definition) is 1. The normalized spacial score (nSPS) is 24.0. The maximum atomic E-state index is 12.6. The fourth-order valence-electron chi connectivity index (χ4n) is 0.828. The van der Waals surface area contributed by atoms with Gasteiger partial charge in [0.15, 0.2) is 0 Å². The van der Waals surface area contributed by atoms with Crippen molar-refractivity contribution in [3.05, 3.63) is 23.6 Å². The highest BCUT2D eigenvalue weighted by atomic mass is 19.1. The molecule has 1 aliphatic carbocycles. The van der Waals surface area contributed by atoms with Crippen molar-refractivity contribution < 1.29 is 18.7 Å². The summed E-state index contributed by atoms with van der Waals surface area (Å²) in [6.45, 7) is 0. The second-order valence-electron chi connectivity index (χ2n) is 2.20. The van der Waals surface area contributed by atoms with Gasteiger partial charge in [-0.3, -0.25) is 0 Å². The molecule has 0 heterocycles.